The Balaban J connectivity index is 1.79. The second-order valence-electron chi connectivity index (χ2n) is 6.94. The number of hydrogen-bond acceptors (Lipinski definition) is 6. The Hall–Kier alpha value is -3.18. The third-order valence-electron chi connectivity index (χ3n) is 5.25. The molecule has 1 aliphatic rings. The lowest BCUT2D eigenvalue weighted by atomic mass is 10.1. The van der Waals surface area contributed by atoms with E-state index < -0.39 is 11.6 Å². The maximum Gasteiger partial charge on any atom is 0.166 e. The van der Waals surface area contributed by atoms with Gasteiger partial charge in [0.15, 0.2) is 11.6 Å². The number of aryl methyl sites for hydroxylation is 1. The Kier molecular flexibility index (Phi) is 4.61. The molecule has 4 rings (SSSR count). The van der Waals surface area contributed by atoms with Crippen molar-refractivity contribution in [2.45, 2.75) is 25.8 Å². The monoisotopic (exact) mass is 381 g/mol. The first-order chi connectivity index (χ1) is 13.5. The zero-order valence-electron chi connectivity index (χ0n) is 15.7. The number of anilines is 1. The molecule has 7 nitrogen and oxygen atoms in total. The van der Waals surface area contributed by atoms with E-state index in [-0.39, 0.29) is 5.56 Å². The smallest absolute Gasteiger partial charge is 0.166 e. The minimum Gasteiger partial charge on any atom is -0.505 e. The summed E-state index contributed by atoms with van der Waals surface area (Å²) in [6, 6.07) is 6.51. The van der Waals surface area contributed by atoms with Gasteiger partial charge in [0.25, 0.3) is 0 Å². The molecule has 0 bridgehead atoms. The van der Waals surface area contributed by atoms with Crippen LogP contribution in [-0.2, 0) is 4.74 Å². The Labute approximate surface area is 161 Å². The minimum atomic E-state index is -0.841. The van der Waals surface area contributed by atoms with Crippen molar-refractivity contribution in [3.63, 3.8) is 0 Å². The van der Waals surface area contributed by atoms with Crippen LogP contribution < -0.4 is 4.90 Å². The van der Waals surface area contributed by atoms with E-state index in [4.69, 9.17) is 4.74 Å². The molecule has 0 saturated carbocycles. The summed E-state index contributed by atoms with van der Waals surface area (Å²) in [5.74, 6) is -0.532. The van der Waals surface area contributed by atoms with Crippen molar-refractivity contribution < 1.29 is 14.2 Å². The van der Waals surface area contributed by atoms with E-state index in [2.05, 4.69) is 15.0 Å². The highest BCUT2D eigenvalue weighted by Gasteiger charge is 2.21. The van der Waals surface area contributed by atoms with Crippen LogP contribution >= 0.6 is 0 Å². The number of aromatic nitrogens is 3. The van der Waals surface area contributed by atoms with Gasteiger partial charge in [-0.25, -0.2) is 14.1 Å². The van der Waals surface area contributed by atoms with Gasteiger partial charge in [0.05, 0.1) is 28.7 Å². The lowest BCUT2D eigenvalue weighted by Crippen LogP contribution is -2.37. The largest absolute Gasteiger partial charge is 0.505 e. The van der Waals surface area contributed by atoms with Crippen LogP contribution in [-0.4, -0.2) is 46.2 Å². The van der Waals surface area contributed by atoms with Gasteiger partial charge in [-0.3, -0.25) is 0 Å². The van der Waals surface area contributed by atoms with Crippen LogP contribution in [0.25, 0.3) is 16.6 Å². The second kappa shape index (κ2) is 7.09. The zero-order valence-corrected chi connectivity index (χ0v) is 15.7. The molecular weight excluding hydrogens is 361 g/mol. The fourth-order valence-electron chi connectivity index (χ4n) is 3.61. The normalized spacial score (nSPS) is 14.9. The highest BCUT2D eigenvalue weighted by Crippen LogP contribution is 2.30. The quantitative estimate of drug-likeness (QED) is 0.750. The standard InChI is InChI=1S/C20H20FN5O2/c1-12-15-8-20(25(2)14-3-5-28-6-4-14)23-11-18(15)26(24-12)17-9-19(27)16(21)7-13(17)10-22/h7-9,11,14,27H,3-6H2,1-2H3. The van der Waals surface area contributed by atoms with Gasteiger partial charge >= 0.3 is 0 Å². The van der Waals surface area contributed by atoms with Gasteiger partial charge in [-0.15, -0.1) is 0 Å². The first-order valence-electron chi connectivity index (χ1n) is 9.08. The zero-order chi connectivity index (χ0) is 19.8. The van der Waals surface area contributed by atoms with Crippen LogP contribution in [0.1, 0.15) is 24.1 Å². The highest BCUT2D eigenvalue weighted by atomic mass is 19.1. The van der Waals surface area contributed by atoms with Crippen molar-refractivity contribution in [2.75, 3.05) is 25.2 Å². The van der Waals surface area contributed by atoms with Gasteiger partial charge in [-0.1, -0.05) is 0 Å². The number of aromatic hydroxyl groups is 1. The summed E-state index contributed by atoms with van der Waals surface area (Å²) in [7, 11) is 2.02. The van der Waals surface area contributed by atoms with Crippen molar-refractivity contribution in [1.29, 1.82) is 5.26 Å². The number of fused-ring (bicyclic) bond motifs is 1. The molecule has 0 aliphatic carbocycles. The summed E-state index contributed by atoms with van der Waals surface area (Å²) in [6.07, 6.45) is 3.60. The SMILES string of the molecule is Cc1nn(-c2cc(O)c(F)cc2C#N)c2cnc(N(C)C3CCOCC3)cc12. The molecule has 0 unspecified atom stereocenters. The molecule has 2 aromatic heterocycles. The molecule has 3 aromatic rings. The van der Waals surface area contributed by atoms with Gasteiger partial charge in [-0.05, 0) is 31.9 Å². The number of benzene rings is 1. The minimum absolute atomic E-state index is 0.0862. The van der Waals surface area contributed by atoms with Crippen LogP contribution in [0.2, 0.25) is 0 Å². The fourth-order valence-corrected chi connectivity index (χ4v) is 3.61. The number of pyridine rings is 1. The summed E-state index contributed by atoms with van der Waals surface area (Å²) in [5.41, 5.74) is 1.84. The summed E-state index contributed by atoms with van der Waals surface area (Å²) in [5, 5.41) is 24.5. The fraction of sp³-hybridized carbons (Fsp3) is 0.350. The van der Waals surface area contributed by atoms with Crippen LogP contribution in [0, 0.1) is 24.1 Å². The van der Waals surface area contributed by atoms with Gasteiger partial charge in [-0.2, -0.15) is 10.4 Å². The van der Waals surface area contributed by atoms with E-state index in [1.165, 1.54) is 10.7 Å². The van der Waals surface area contributed by atoms with Crippen LogP contribution in [0.4, 0.5) is 10.2 Å². The Morgan fingerprint density at radius 3 is 2.79 bits per heavy atom. The number of nitriles is 1. The average Bonchev–Trinajstić information content (AvgIpc) is 3.05. The molecule has 0 spiro atoms. The van der Waals surface area contributed by atoms with Crippen molar-refractivity contribution in [2.24, 2.45) is 0 Å². The molecule has 1 aromatic carbocycles. The van der Waals surface area contributed by atoms with Crippen molar-refractivity contribution in [3.8, 4) is 17.5 Å². The molecular formula is C20H20FN5O2. The molecule has 144 valence electrons. The number of phenols is 1. The molecule has 8 heteroatoms. The van der Waals surface area contributed by atoms with Gasteiger partial charge in [0.2, 0.25) is 0 Å². The lowest BCUT2D eigenvalue weighted by Gasteiger charge is -2.32. The summed E-state index contributed by atoms with van der Waals surface area (Å²) in [4.78, 5) is 6.74. The maximum absolute atomic E-state index is 13.6. The topological polar surface area (TPSA) is 87.2 Å². The van der Waals surface area contributed by atoms with Gasteiger partial charge in [0.1, 0.15) is 11.9 Å². The number of rotatable bonds is 3. The van der Waals surface area contributed by atoms with E-state index in [9.17, 15) is 14.8 Å². The summed E-state index contributed by atoms with van der Waals surface area (Å²) in [6.45, 7) is 3.37. The predicted octanol–water partition coefficient (Wildman–Crippen LogP) is 3.06. The summed E-state index contributed by atoms with van der Waals surface area (Å²) >= 11 is 0. The molecule has 1 fully saturated rings. The molecule has 1 aliphatic heterocycles. The lowest BCUT2D eigenvalue weighted by molar-refractivity contribution is 0.0853. The van der Waals surface area contributed by atoms with Gasteiger partial charge < -0.3 is 14.7 Å². The van der Waals surface area contributed by atoms with Crippen molar-refractivity contribution in [1.82, 2.24) is 14.8 Å². The average molecular weight is 381 g/mol. The Morgan fingerprint density at radius 2 is 2.07 bits per heavy atom. The highest BCUT2D eigenvalue weighted by molar-refractivity contribution is 5.85. The molecule has 0 amide bonds. The number of halogens is 1. The molecule has 0 radical (unpaired) electrons. The summed E-state index contributed by atoms with van der Waals surface area (Å²) < 4.78 is 20.6. The first kappa shape index (κ1) is 18.2. The molecule has 1 saturated heterocycles. The number of phenolic OH excluding ortho intramolecular Hbond substituents is 1. The van der Waals surface area contributed by atoms with E-state index in [0.29, 0.717) is 17.2 Å². The van der Waals surface area contributed by atoms with E-state index >= 15 is 0 Å². The van der Waals surface area contributed by atoms with E-state index in [0.717, 1.165) is 49.0 Å². The first-order valence-corrected chi connectivity index (χ1v) is 9.08. The molecule has 3 heterocycles. The van der Waals surface area contributed by atoms with Crippen LogP contribution in [0.15, 0.2) is 24.4 Å². The predicted molar refractivity (Wildman–Crippen MR) is 102 cm³/mol. The maximum atomic E-state index is 13.6. The molecule has 0 atom stereocenters. The third-order valence-corrected chi connectivity index (χ3v) is 5.25. The molecule has 28 heavy (non-hydrogen) atoms. The Bertz CT molecular complexity index is 1080. The van der Waals surface area contributed by atoms with E-state index in [1.54, 1.807) is 6.20 Å². The second-order valence-corrected chi connectivity index (χ2v) is 6.94. The van der Waals surface area contributed by atoms with Gasteiger partial charge in [0, 0.05) is 37.8 Å². The van der Waals surface area contributed by atoms with Crippen molar-refractivity contribution in [3.05, 3.63) is 41.5 Å². The van der Waals surface area contributed by atoms with Crippen LogP contribution in [0.3, 0.4) is 0 Å². The number of hydrogen-bond donors (Lipinski definition) is 1. The number of nitrogens with zero attached hydrogens (tertiary/aromatic N) is 5. The van der Waals surface area contributed by atoms with E-state index in [1.807, 2.05) is 26.1 Å². The third kappa shape index (κ3) is 3.04. The molecule has 1 N–H and O–H groups in total. The Morgan fingerprint density at radius 1 is 1.32 bits per heavy atom. The van der Waals surface area contributed by atoms with Crippen LogP contribution in [0.5, 0.6) is 5.75 Å². The number of ether oxygens (including phenoxy) is 1. The van der Waals surface area contributed by atoms with Crippen molar-refractivity contribution >= 4 is 16.7 Å².